The van der Waals surface area contributed by atoms with Crippen molar-refractivity contribution in [2.45, 2.75) is 46.5 Å². The number of anilines is 1. The van der Waals surface area contributed by atoms with E-state index in [1.165, 1.54) is 0 Å². The van der Waals surface area contributed by atoms with Crippen LogP contribution in [0, 0.1) is 12.8 Å². The van der Waals surface area contributed by atoms with E-state index in [-0.39, 0.29) is 16.7 Å². The molecule has 19 heavy (non-hydrogen) atoms. The third kappa shape index (κ3) is 4.06. The van der Waals surface area contributed by atoms with E-state index in [9.17, 15) is 9.59 Å². The number of aryl methyl sites for hydroxylation is 1. The van der Waals surface area contributed by atoms with Crippen LogP contribution in [-0.4, -0.2) is 17.0 Å². The van der Waals surface area contributed by atoms with Crippen LogP contribution in [0.25, 0.3) is 0 Å². The summed E-state index contributed by atoms with van der Waals surface area (Å²) in [5.41, 5.74) is 1.27. The molecule has 0 atom stereocenters. The number of aromatic carboxylic acids is 1. The summed E-state index contributed by atoms with van der Waals surface area (Å²) in [7, 11) is 0. The van der Waals surface area contributed by atoms with Crippen LogP contribution >= 0.6 is 11.3 Å². The highest BCUT2D eigenvalue weighted by Gasteiger charge is 2.21. The first kappa shape index (κ1) is 15.7. The number of rotatable bonds is 7. The van der Waals surface area contributed by atoms with Gasteiger partial charge in [0, 0.05) is 5.92 Å². The Balaban J connectivity index is 2.85. The van der Waals surface area contributed by atoms with E-state index in [0.717, 1.165) is 42.6 Å². The van der Waals surface area contributed by atoms with Gasteiger partial charge in [0.25, 0.3) is 0 Å². The predicted octanol–water partition coefficient (Wildman–Crippen LogP) is 3.91. The van der Waals surface area contributed by atoms with Crippen molar-refractivity contribution in [1.82, 2.24) is 0 Å². The van der Waals surface area contributed by atoms with Crippen LogP contribution in [-0.2, 0) is 4.79 Å². The molecule has 1 aromatic rings. The molecule has 0 radical (unpaired) electrons. The smallest absolute Gasteiger partial charge is 0.348 e. The molecule has 1 heterocycles. The molecule has 1 rings (SSSR count). The van der Waals surface area contributed by atoms with E-state index in [1.807, 2.05) is 6.92 Å². The van der Waals surface area contributed by atoms with Crippen molar-refractivity contribution in [3.8, 4) is 0 Å². The Labute approximate surface area is 117 Å². The first-order chi connectivity index (χ1) is 9.01. The normalized spacial score (nSPS) is 10.7. The Hall–Kier alpha value is -1.36. The van der Waals surface area contributed by atoms with Gasteiger partial charge in [0.05, 0.1) is 5.69 Å². The Morgan fingerprint density at radius 2 is 1.89 bits per heavy atom. The number of hydrogen-bond acceptors (Lipinski definition) is 3. The molecule has 0 aliphatic rings. The number of carbonyl (C=O) groups is 2. The molecule has 106 valence electrons. The molecule has 1 aromatic heterocycles. The molecular weight excluding hydrogens is 262 g/mol. The third-order valence-corrected chi connectivity index (χ3v) is 4.15. The second kappa shape index (κ2) is 7.28. The Morgan fingerprint density at radius 1 is 1.32 bits per heavy atom. The number of thiophene rings is 1. The van der Waals surface area contributed by atoms with Gasteiger partial charge in [0.2, 0.25) is 5.91 Å². The summed E-state index contributed by atoms with van der Waals surface area (Å²) in [6.45, 7) is 5.91. The highest BCUT2D eigenvalue weighted by molar-refractivity contribution is 7.12. The maximum Gasteiger partial charge on any atom is 0.348 e. The number of carboxylic acid groups (broad SMARTS) is 1. The second-order valence-electron chi connectivity index (χ2n) is 4.69. The lowest BCUT2D eigenvalue weighted by Crippen LogP contribution is -2.23. The van der Waals surface area contributed by atoms with Crippen LogP contribution in [0.1, 0.15) is 54.8 Å². The van der Waals surface area contributed by atoms with Crippen molar-refractivity contribution in [1.29, 1.82) is 0 Å². The molecule has 0 bridgehead atoms. The van der Waals surface area contributed by atoms with E-state index >= 15 is 0 Å². The molecule has 0 spiro atoms. The van der Waals surface area contributed by atoms with Gasteiger partial charge in [-0.05, 0) is 30.7 Å². The zero-order valence-electron chi connectivity index (χ0n) is 11.7. The number of amides is 1. The minimum absolute atomic E-state index is 0.0315. The van der Waals surface area contributed by atoms with Crippen molar-refractivity contribution >= 4 is 28.9 Å². The molecule has 5 heteroatoms. The van der Waals surface area contributed by atoms with E-state index < -0.39 is 5.97 Å². The Bertz CT molecular complexity index is 448. The Morgan fingerprint density at radius 3 is 2.37 bits per heavy atom. The molecular formula is C14H21NO3S. The predicted molar refractivity (Wildman–Crippen MR) is 78.0 cm³/mol. The van der Waals surface area contributed by atoms with Crippen LogP contribution in [0.15, 0.2) is 5.38 Å². The van der Waals surface area contributed by atoms with Crippen LogP contribution in [0.3, 0.4) is 0 Å². The lowest BCUT2D eigenvalue weighted by Gasteiger charge is -2.15. The highest BCUT2D eigenvalue weighted by atomic mass is 32.1. The molecule has 0 fully saturated rings. The molecule has 4 nitrogen and oxygen atoms in total. The zero-order chi connectivity index (χ0) is 14.4. The first-order valence-corrected chi connectivity index (χ1v) is 7.51. The lowest BCUT2D eigenvalue weighted by atomic mass is 9.97. The van der Waals surface area contributed by atoms with Gasteiger partial charge in [-0.15, -0.1) is 11.3 Å². The fraction of sp³-hybridized carbons (Fsp3) is 0.571. The quantitative estimate of drug-likeness (QED) is 0.797. The molecule has 0 aliphatic heterocycles. The number of carboxylic acids is 1. The van der Waals surface area contributed by atoms with Gasteiger partial charge in [-0.1, -0.05) is 26.7 Å². The van der Waals surface area contributed by atoms with Gasteiger partial charge in [-0.3, -0.25) is 4.79 Å². The molecule has 2 N–H and O–H groups in total. The molecule has 0 saturated carbocycles. The van der Waals surface area contributed by atoms with Gasteiger partial charge >= 0.3 is 5.97 Å². The molecule has 1 amide bonds. The van der Waals surface area contributed by atoms with Gasteiger partial charge in [0.15, 0.2) is 0 Å². The van der Waals surface area contributed by atoms with E-state index in [0.29, 0.717) is 5.69 Å². The second-order valence-corrected chi connectivity index (χ2v) is 5.57. The summed E-state index contributed by atoms with van der Waals surface area (Å²) in [6, 6.07) is 0. The van der Waals surface area contributed by atoms with E-state index in [1.54, 1.807) is 5.38 Å². The summed E-state index contributed by atoms with van der Waals surface area (Å²) in [6.07, 6.45) is 3.58. The highest BCUT2D eigenvalue weighted by Crippen LogP contribution is 2.28. The average molecular weight is 283 g/mol. The molecule has 0 aromatic carbocycles. The number of carbonyl (C=O) groups excluding carboxylic acids is 1. The number of hydrogen-bond donors (Lipinski definition) is 2. The molecule has 0 aliphatic carbocycles. The van der Waals surface area contributed by atoms with Crippen LogP contribution in [0.4, 0.5) is 5.69 Å². The lowest BCUT2D eigenvalue weighted by molar-refractivity contribution is -0.120. The molecule has 0 unspecified atom stereocenters. The standard InChI is InChI=1S/C14H21NO3S/c1-4-6-10(7-5-2)13(16)15-11-9(3)8-19-12(11)14(17)18/h8,10H,4-7H2,1-3H3,(H,15,16)(H,17,18). The minimum atomic E-state index is -0.990. The summed E-state index contributed by atoms with van der Waals surface area (Å²) >= 11 is 1.15. The van der Waals surface area contributed by atoms with Gasteiger partial charge in [-0.2, -0.15) is 0 Å². The first-order valence-electron chi connectivity index (χ1n) is 6.63. The van der Waals surface area contributed by atoms with Gasteiger partial charge in [0.1, 0.15) is 4.88 Å². The summed E-state index contributed by atoms with van der Waals surface area (Å²) in [5.74, 6) is -1.08. The van der Waals surface area contributed by atoms with E-state index in [2.05, 4.69) is 19.2 Å². The topological polar surface area (TPSA) is 66.4 Å². The van der Waals surface area contributed by atoms with Crippen LogP contribution in [0.2, 0.25) is 0 Å². The maximum absolute atomic E-state index is 12.2. The van der Waals surface area contributed by atoms with Crippen molar-refractivity contribution < 1.29 is 14.7 Å². The fourth-order valence-electron chi connectivity index (χ4n) is 2.09. The molecule has 0 saturated heterocycles. The monoisotopic (exact) mass is 283 g/mol. The summed E-state index contributed by atoms with van der Waals surface area (Å²) in [4.78, 5) is 23.5. The SMILES string of the molecule is CCCC(CCC)C(=O)Nc1c(C)csc1C(=O)O. The third-order valence-electron chi connectivity index (χ3n) is 3.06. The van der Waals surface area contributed by atoms with Crippen molar-refractivity contribution in [2.24, 2.45) is 5.92 Å². The number of nitrogens with one attached hydrogen (secondary N) is 1. The van der Waals surface area contributed by atoms with E-state index in [4.69, 9.17) is 5.11 Å². The summed E-state index contributed by atoms with van der Waals surface area (Å²) < 4.78 is 0. The summed E-state index contributed by atoms with van der Waals surface area (Å²) in [5, 5.41) is 13.7. The van der Waals surface area contributed by atoms with Gasteiger partial charge < -0.3 is 10.4 Å². The van der Waals surface area contributed by atoms with Crippen LogP contribution in [0.5, 0.6) is 0 Å². The average Bonchev–Trinajstić information content (AvgIpc) is 2.71. The van der Waals surface area contributed by atoms with Crippen molar-refractivity contribution in [3.63, 3.8) is 0 Å². The maximum atomic E-state index is 12.2. The minimum Gasteiger partial charge on any atom is -0.477 e. The van der Waals surface area contributed by atoms with Crippen molar-refractivity contribution in [2.75, 3.05) is 5.32 Å². The zero-order valence-corrected chi connectivity index (χ0v) is 12.5. The fourth-order valence-corrected chi connectivity index (χ4v) is 2.93. The van der Waals surface area contributed by atoms with Gasteiger partial charge in [-0.25, -0.2) is 4.79 Å². The largest absolute Gasteiger partial charge is 0.477 e. The van der Waals surface area contributed by atoms with Crippen molar-refractivity contribution in [3.05, 3.63) is 15.8 Å². The van der Waals surface area contributed by atoms with Crippen LogP contribution < -0.4 is 5.32 Å². The Kier molecular flexibility index (Phi) is 6.02.